The van der Waals surface area contributed by atoms with E-state index in [1.807, 2.05) is 12.1 Å². The highest BCUT2D eigenvalue weighted by Crippen LogP contribution is 2.21. The predicted octanol–water partition coefficient (Wildman–Crippen LogP) is 0.869. The summed E-state index contributed by atoms with van der Waals surface area (Å²) in [5.41, 5.74) is 1.22. The van der Waals surface area contributed by atoms with Gasteiger partial charge in [-0.3, -0.25) is 9.78 Å². The van der Waals surface area contributed by atoms with E-state index in [2.05, 4.69) is 9.71 Å². The van der Waals surface area contributed by atoms with Gasteiger partial charge in [-0.05, 0) is 54.8 Å². The number of hydrogen-bond donors (Lipinski definition) is 2. The largest absolute Gasteiger partial charge is 0.391 e. The van der Waals surface area contributed by atoms with Gasteiger partial charge < -0.3 is 10.0 Å². The molecule has 1 aliphatic heterocycles. The van der Waals surface area contributed by atoms with Gasteiger partial charge in [-0.2, -0.15) is 0 Å². The number of aryl methyl sites for hydroxylation is 1. The molecular weight excluding hydrogens is 385 g/mol. The van der Waals surface area contributed by atoms with Gasteiger partial charge in [0, 0.05) is 31.4 Å². The lowest BCUT2D eigenvalue weighted by Crippen LogP contribution is -2.39. The van der Waals surface area contributed by atoms with E-state index in [0.717, 1.165) is 17.7 Å². The first-order valence-corrected chi connectivity index (χ1v) is 10.3. The topological polar surface area (TPSA) is 99.6 Å². The van der Waals surface area contributed by atoms with Crippen molar-refractivity contribution < 1.29 is 22.7 Å². The van der Waals surface area contributed by atoms with Gasteiger partial charge in [0.15, 0.2) is 0 Å². The summed E-state index contributed by atoms with van der Waals surface area (Å²) < 4.78 is 40.2. The Bertz CT molecular complexity index is 953. The number of halogens is 1. The summed E-state index contributed by atoms with van der Waals surface area (Å²) in [6.07, 6.45) is 3.28. The normalized spacial score (nSPS) is 19.8. The van der Waals surface area contributed by atoms with E-state index in [0.29, 0.717) is 13.0 Å². The van der Waals surface area contributed by atoms with Crippen LogP contribution in [0.4, 0.5) is 4.39 Å². The number of carbonyl (C=O) groups is 1. The molecule has 0 aliphatic carbocycles. The number of amides is 1. The smallest absolute Gasteiger partial charge is 0.241 e. The van der Waals surface area contributed by atoms with Crippen molar-refractivity contribution in [3.05, 3.63) is 59.7 Å². The number of hydrogen-bond acceptors (Lipinski definition) is 5. The fourth-order valence-corrected chi connectivity index (χ4v) is 4.28. The first kappa shape index (κ1) is 20.4. The number of carbonyl (C=O) groups excluding carboxylic acids is 1. The number of sulfonamides is 1. The second-order valence-electron chi connectivity index (χ2n) is 6.92. The summed E-state index contributed by atoms with van der Waals surface area (Å²) in [6, 6.07) is 7.16. The Morgan fingerprint density at radius 3 is 2.68 bits per heavy atom. The molecule has 2 N–H and O–H groups in total. The number of benzene rings is 1. The minimum absolute atomic E-state index is 0.101. The SMILES string of the molecule is Cc1cc(S(=O)(=O)NCC(=O)N2C[C@@H](Cc3ccncc3)[C@@H](O)C2)ccc1F. The van der Waals surface area contributed by atoms with Crippen LogP contribution in [0.15, 0.2) is 47.6 Å². The van der Waals surface area contributed by atoms with Crippen molar-refractivity contribution >= 4 is 15.9 Å². The third-order valence-electron chi connectivity index (χ3n) is 4.86. The monoisotopic (exact) mass is 407 g/mol. The number of aromatic nitrogens is 1. The third-order valence-corrected chi connectivity index (χ3v) is 6.26. The lowest BCUT2D eigenvalue weighted by Gasteiger charge is -2.17. The van der Waals surface area contributed by atoms with Crippen LogP contribution >= 0.6 is 0 Å². The van der Waals surface area contributed by atoms with Crippen LogP contribution in [0.1, 0.15) is 11.1 Å². The molecule has 1 aromatic carbocycles. The molecule has 0 bridgehead atoms. The minimum atomic E-state index is -3.93. The number of pyridine rings is 1. The molecule has 2 atom stereocenters. The van der Waals surface area contributed by atoms with Gasteiger partial charge in [0.25, 0.3) is 0 Å². The maximum absolute atomic E-state index is 13.3. The fraction of sp³-hybridized carbons (Fsp3) is 0.368. The fourth-order valence-electron chi connectivity index (χ4n) is 3.22. The molecule has 28 heavy (non-hydrogen) atoms. The Labute approximate surface area is 163 Å². The summed E-state index contributed by atoms with van der Waals surface area (Å²) in [6.45, 7) is 1.55. The van der Waals surface area contributed by atoms with E-state index in [-0.39, 0.29) is 22.9 Å². The number of likely N-dealkylation sites (tertiary alicyclic amines) is 1. The number of nitrogens with one attached hydrogen (secondary N) is 1. The molecule has 2 heterocycles. The molecule has 0 unspecified atom stereocenters. The Hall–Kier alpha value is -2.36. The van der Waals surface area contributed by atoms with Gasteiger partial charge in [0.1, 0.15) is 5.82 Å². The maximum Gasteiger partial charge on any atom is 0.241 e. The van der Waals surface area contributed by atoms with Crippen molar-refractivity contribution in [2.45, 2.75) is 24.3 Å². The van der Waals surface area contributed by atoms with E-state index >= 15 is 0 Å². The standard InChI is InChI=1S/C19H22FN3O4S/c1-13-8-16(2-3-17(13)20)28(26,27)22-10-19(25)23-11-15(18(24)12-23)9-14-4-6-21-7-5-14/h2-8,15,18,22,24H,9-12H2,1H3/t15-,18+/m1/s1. The Balaban J connectivity index is 1.58. The Morgan fingerprint density at radius 1 is 1.29 bits per heavy atom. The summed E-state index contributed by atoms with van der Waals surface area (Å²) in [5, 5.41) is 10.2. The maximum atomic E-state index is 13.3. The van der Waals surface area contributed by atoms with E-state index in [4.69, 9.17) is 0 Å². The van der Waals surface area contributed by atoms with Crippen molar-refractivity contribution in [3.63, 3.8) is 0 Å². The first-order chi connectivity index (χ1) is 13.3. The van der Waals surface area contributed by atoms with E-state index in [9.17, 15) is 22.7 Å². The molecule has 0 spiro atoms. The molecule has 1 amide bonds. The van der Waals surface area contributed by atoms with E-state index in [1.165, 1.54) is 17.9 Å². The Kier molecular flexibility index (Phi) is 6.07. The van der Waals surface area contributed by atoms with E-state index in [1.54, 1.807) is 12.4 Å². The number of β-amino-alcohol motifs (C(OH)–C–C–N with tert-alkyl or cyclic N) is 1. The van der Waals surface area contributed by atoms with Crippen molar-refractivity contribution in [1.82, 2.24) is 14.6 Å². The van der Waals surface area contributed by atoms with Crippen LogP contribution in [0.25, 0.3) is 0 Å². The summed E-state index contributed by atoms with van der Waals surface area (Å²) in [4.78, 5) is 17.7. The minimum Gasteiger partial charge on any atom is -0.391 e. The highest BCUT2D eigenvalue weighted by atomic mass is 32.2. The molecule has 0 saturated carbocycles. The number of nitrogens with zero attached hydrogens (tertiary/aromatic N) is 2. The quantitative estimate of drug-likeness (QED) is 0.740. The second kappa shape index (κ2) is 8.34. The van der Waals surface area contributed by atoms with Crippen LogP contribution in [0, 0.1) is 18.7 Å². The molecule has 150 valence electrons. The number of rotatable bonds is 6. The van der Waals surface area contributed by atoms with Crippen molar-refractivity contribution in [2.75, 3.05) is 19.6 Å². The summed E-state index contributed by atoms with van der Waals surface area (Å²) in [7, 11) is -3.93. The molecule has 0 radical (unpaired) electrons. The zero-order chi connectivity index (χ0) is 20.3. The van der Waals surface area contributed by atoms with Crippen molar-refractivity contribution in [1.29, 1.82) is 0 Å². The van der Waals surface area contributed by atoms with Gasteiger partial charge >= 0.3 is 0 Å². The molecular formula is C19H22FN3O4S. The Morgan fingerprint density at radius 2 is 2.00 bits per heavy atom. The van der Waals surface area contributed by atoms with Crippen LogP contribution in [0.3, 0.4) is 0 Å². The molecule has 1 fully saturated rings. The lowest BCUT2D eigenvalue weighted by molar-refractivity contribution is -0.129. The van der Waals surface area contributed by atoms with Crippen LogP contribution in [-0.2, 0) is 21.2 Å². The number of aliphatic hydroxyl groups is 1. The second-order valence-corrected chi connectivity index (χ2v) is 8.69. The average molecular weight is 407 g/mol. The molecule has 7 nitrogen and oxygen atoms in total. The van der Waals surface area contributed by atoms with Crippen LogP contribution in [0.5, 0.6) is 0 Å². The van der Waals surface area contributed by atoms with Gasteiger partial charge in [0.2, 0.25) is 15.9 Å². The zero-order valence-electron chi connectivity index (χ0n) is 15.4. The van der Waals surface area contributed by atoms with Crippen LogP contribution < -0.4 is 4.72 Å². The highest BCUT2D eigenvalue weighted by molar-refractivity contribution is 7.89. The summed E-state index contributed by atoms with van der Waals surface area (Å²) >= 11 is 0. The average Bonchev–Trinajstić information content (AvgIpc) is 3.03. The first-order valence-electron chi connectivity index (χ1n) is 8.87. The number of aliphatic hydroxyl groups excluding tert-OH is 1. The molecule has 1 saturated heterocycles. The lowest BCUT2D eigenvalue weighted by atomic mass is 9.97. The molecule has 1 aliphatic rings. The van der Waals surface area contributed by atoms with Gasteiger partial charge in [-0.1, -0.05) is 0 Å². The zero-order valence-corrected chi connectivity index (χ0v) is 16.2. The molecule has 3 rings (SSSR count). The highest BCUT2D eigenvalue weighted by Gasteiger charge is 2.34. The van der Waals surface area contributed by atoms with Gasteiger partial charge in [0.05, 0.1) is 17.5 Å². The molecule has 2 aromatic rings. The van der Waals surface area contributed by atoms with E-state index < -0.39 is 34.4 Å². The summed E-state index contributed by atoms with van der Waals surface area (Å²) in [5.74, 6) is -1.04. The van der Waals surface area contributed by atoms with Gasteiger partial charge in [-0.15, -0.1) is 0 Å². The van der Waals surface area contributed by atoms with Crippen LogP contribution in [-0.4, -0.2) is 55.1 Å². The van der Waals surface area contributed by atoms with Crippen molar-refractivity contribution in [2.24, 2.45) is 5.92 Å². The third kappa shape index (κ3) is 4.73. The van der Waals surface area contributed by atoms with Crippen molar-refractivity contribution in [3.8, 4) is 0 Å². The molecule has 9 heteroatoms. The van der Waals surface area contributed by atoms with Gasteiger partial charge in [-0.25, -0.2) is 17.5 Å². The predicted molar refractivity (Wildman–Crippen MR) is 100 cm³/mol. The molecule has 1 aromatic heterocycles. The van der Waals surface area contributed by atoms with Crippen LogP contribution in [0.2, 0.25) is 0 Å².